The van der Waals surface area contributed by atoms with Crippen molar-refractivity contribution >= 4 is 17.3 Å². The Morgan fingerprint density at radius 1 is 1.55 bits per heavy atom. The van der Waals surface area contributed by atoms with Crippen LogP contribution in [0.1, 0.15) is 41.0 Å². The lowest BCUT2D eigenvalue weighted by Gasteiger charge is -2.32. The van der Waals surface area contributed by atoms with Gasteiger partial charge in [-0.25, -0.2) is 4.79 Å². The van der Waals surface area contributed by atoms with Gasteiger partial charge in [0.15, 0.2) is 0 Å². The van der Waals surface area contributed by atoms with E-state index < -0.39 is 0 Å². The molecule has 22 heavy (non-hydrogen) atoms. The fourth-order valence-electron chi connectivity index (χ4n) is 2.87. The van der Waals surface area contributed by atoms with Crippen LogP contribution in [0.3, 0.4) is 0 Å². The Morgan fingerprint density at radius 2 is 2.45 bits per heavy atom. The van der Waals surface area contributed by atoms with Gasteiger partial charge >= 0.3 is 5.97 Å². The Hall–Kier alpha value is -1.66. The maximum atomic E-state index is 11.7. The van der Waals surface area contributed by atoms with Crippen molar-refractivity contribution in [1.29, 1.82) is 0 Å². The molecule has 0 amide bonds. The minimum absolute atomic E-state index is 0.292. The van der Waals surface area contributed by atoms with E-state index in [-0.39, 0.29) is 5.97 Å². The van der Waals surface area contributed by atoms with Gasteiger partial charge in [-0.2, -0.15) is 5.10 Å². The molecule has 6 heteroatoms. The molecule has 0 radical (unpaired) electrons. The SMILES string of the molecule is CCOC(=O)c1cnn(C2CCCN(Cc3cccs3)C2)c1. The molecule has 2 aromatic rings. The highest BCUT2D eigenvalue weighted by atomic mass is 32.1. The van der Waals surface area contributed by atoms with E-state index in [1.54, 1.807) is 17.5 Å². The summed E-state index contributed by atoms with van der Waals surface area (Å²) in [6.07, 6.45) is 5.68. The van der Waals surface area contributed by atoms with Gasteiger partial charge in [-0.15, -0.1) is 11.3 Å². The van der Waals surface area contributed by atoms with E-state index in [1.807, 2.05) is 17.8 Å². The molecule has 3 rings (SSSR count). The summed E-state index contributed by atoms with van der Waals surface area (Å²) in [4.78, 5) is 15.6. The Labute approximate surface area is 134 Å². The fraction of sp³-hybridized carbons (Fsp3) is 0.500. The number of likely N-dealkylation sites (tertiary alicyclic amines) is 1. The average molecular weight is 319 g/mol. The van der Waals surface area contributed by atoms with Gasteiger partial charge in [-0.3, -0.25) is 9.58 Å². The molecule has 1 aliphatic heterocycles. The summed E-state index contributed by atoms with van der Waals surface area (Å²) >= 11 is 1.80. The van der Waals surface area contributed by atoms with Crippen molar-refractivity contribution in [2.75, 3.05) is 19.7 Å². The van der Waals surface area contributed by atoms with Crippen molar-refractivity contribution in [2.24, 2.45) is 0 Å². The molecule has 3 heterocycles. The first-order valence-electron chi connectivity index (χ1n) is 7.72. The summed E-state index contributed by atoms with van der Waals surface area (Å²) in [5.74, 6) is -0.292. The van der Waals surface area contributed by atoms with Crippen molar-refractivity contribution in [3.05, 3.63) is 40.3 Å². The minimum Gasteiger partial charge on any atom is -0.462 e. The first kappa shape index (κ1) is 15.2. The molecule has 2 aromatic heterocycles. The minimum atomic E-state index is -0.292. The van der Waals surface area contributed by atoms with Gasteiger partial charge in [-0.05, 0) is 37.8 Å². The van der Waals surface area contributed by atoms with Crippen LogP contribution >= 0.6 is 11.3 Å². The Balaban J connectivity index is 1.63. The van der Waals surface area contributed by atoms with Crippen molar-refractivity contribution in [3.63, 3.8) is 0 Å². The molecule has 0 spiro atoms. The molecule has 1 saturated heterocycles. The molecule has 5 nitrogen and oxygen atoms in total. The highest BCUT2D eigenvalue weighted by molar-refractivity contribution is 7.09. The van der Waals surface area contributed by atoms with E-state index in [2.05, 4.69) is 27.5 Å². The number of hydrogen-bond donors (Lipinski definition) is 0. The van der Waals surface area contributed by atoms with Crippen LogP contribution in [0.5, 0.6) is 0 Å². The maximum absolute atomic E-state index is 11.7. The third kappa shape index (κ3) is 3.56. The van der Waals surface area contributed by atoms with Crippen LogP contribution in [0.2, 0.25) is 0 Å². The van der Waals surface area contributed by atoms with Gasteiger partial charge in [0.1, 0.15) is 0 Å². The normalized spacial score (nSPS) is 19.2. The number of rotatable bonds is 5. The lowest BCUT2D eigenvalue weighted by molar-refractivity contribution is 0.0526. The van der Waals surface area contributed by atoms with Crippen LogP contribution in [-0.4, -0.2) is 40.3 Å². The lowest BCUT2D eigenvalue weighted by Crippen LogP contribution is -2.36. The first-order valence-corrected chi connectivity index (χ1v) is 8.60. The number of aromatic nitrogens is 2. The van der Waals surface area contributed by atoms with Gasteiger partial charge in [0.25, 0.3) is 0 Å². The Bertz CT molecular complexity index is 609. The lowest BCUT2D eigenvalue weighted by atomic mass is 10.1. The third-order valence-electron chi connectivity index (χ3n) is 3.93. The Kier molecular flexibility index (Phi) is 4.90. The zero-order chi connectivity index (χ0) is 15.4. The van der Waals surface area contributed by atoms with Crippen molar-refractivity contribution in [2.45, 2.75) is 32.4 Å². The average Bonchev–Trinajstić information content (AvgIpc) is 3.19. The topological polar surface area (TPSA) is 47.4 Å². The second-order valence-electron chi connectivity index (χ2n) is 5.54. The highest BCUT2D eigenvalue weighted by Gasteiger charge is 2.23. The van der Waals surface area contributed by atoms with Gasteiger partial charge in [0, 0.05) is 24.2 Å². The van der Waals surface area contributed by atoms with E-state index in [1.165, 1.54) is 4.88 Å². The number of hydrogen-bond acceptors (Lipinski definition) is 5. The summed E-state index contributed by atoms with van der Waals surface area (Å²) in [6, 6.07) is 4.61. The van der Waals surface area contributed by atoms with Crippen LogP contribution < -0.4 is 0 Å². The zero-order valence-corrected chi connectivity index (χ0v) is 13.6. The summed E-state index contributed by atoms with van der Waals surface area (Å²) in [7, 11) is 0. The predicted octanol–water partition coefficient (Wildman–Crippen LogP) is 2.96. The van der Waals surface area contributed by atoms with E-state index in [9.17, 15) is 4.79 Å². The molecule has 0 bridgehead atoms. The van der Waals surface area contributed by atoms with Gasteiger partial charge in [0.2, 0.25) is 0 Å². The van der Waals surface area contributed by atoms with Crippen LogP contribution in [0.15, 0.2) is 29.9 Å². The number of piperidine rings is 1. The molecular weight excluding hydrogens is 298 g/mol. The number of ether oxygens (including phenoxy) is 1. The summed E-state index contributed by atoms with van der Waals surface area (Å²) in [5, 5.41) is 6.49. The summed E-state index contributed by atoms with van der Waals surface area (Å²) in [5.41, 5.74) is 0.539. The van der Waals surface area contributed by atoms with Crippen LogP contribution in [0.25, 0.3) is 0 Å². The monoisotopic (exact) mass is 319 g/mol. The number of thiophene rings is 1. The molecule has 1 unspecified atom stereocenters. The Morgan fingerprint density at radius 3 is 3.23 bits per heavy atom. The standard InChI is InChI=1S/C16H21N3O2S/c1-2-21-16(20)13-9-17-19(10-13)14-5-3-7-18(11-14)12-15-6-4-8-22-15/h4,6,8-10,14H,2-3,5,7,11-12H2,1H3. The molecule has 1 aliphatic rings. The molecule has 1 fully saturated rings. The highest BCUT2D eigenvalue weighted by Crippen LogP contribution is 2.23. The van der Waals surface area contributed by atoms with Crippen LogP contribution in [0.4, 0.5) is 0 Å². The number of carbonyl (C=O) groups is 1. The zero-order valence-electron chi connectivity index (χ0n) is 12.8. The second-order valence-corrected chi connectivity index (χ2v) is 6.57. The molecule has 0 aromatic carbocycles. The number of carbonyl (C=O) groups excluding carboxylic acids is 1. The summed E-state index contributed by atoms with van der Waals surface area (Å²) < 4.78 is 6.94. The first-order chi connectivity index (χ1) is 10.8. The quantitative estimate of drug-likeness (QED) is 0.795. The fourth-order valence-corrected chi connectivity index (χ4v) is 3.62. The van der Waals surface area contributed by atoms with Gasteiger partial charge in [-0.1, -0.05) is 6.07 Å². The molecule has 1 atom stereocenters. The van der Waals surface area contributed by atoms with Crippen molar-refractivity contribution in [1.82, 2.24) is 14.7 Å². The molecule has 118 valence electrons. The second kappa shape index (κ2) is 7.07. The van der Waals surface area contributed by atoms with Gasteiger partial charge in [0.05, 0.1) is 24.4 Å². The smallest absolute Gasteiger partial charge is 0.341 e. The molecule has 0 saturated carbocycles. The van der Waals surface area contributed by atoms with E-state index in [4.69, 9.17) is 4.74 Å². The molecular formula is C16H21N3O2S. The van der Waals surface area contributed by atoms with E-state index in [0.717, 1.165) is 32.5 Å². The molecule has 0 aliphatic carbocycles. The van der Waals surface area contributed by atoms with Crippen LogP contribution in [-0.2, 0) is 11.3 Å². The summed E-state index contributed by atoms with van der Waals surface area (Å²) in [6.45, 7) is 5.30. The third-order valence-corrected chi connectivity index (χ3v) is 4.79. The van der Waals surface area contributed by atoms with E-state index in [0.29, 0.717) is 18.2 Å². The largest absolute Gasteiger partial charge is 0.462 e. The van der Waals surface area contributed by atoms with Crippen LogP contribution in [0, 0.1) is 0 Å². The van der Waals surface area contributed by atoms with Crippen molar-refractivity contribution in [3.8, 4) is 0 Å². The predicted molar refractivity (Wildman–Crippen MR) is 86.1 cm³/mol. The number of esters is 1. The molecule has 0 N–H and O–H groups in total. The maximum Gasteiger partial charge on any atom is 0.341 e. The van der Waals surface area contributed by atoms with Gasteiger partial charge < -0.3 is 4.74 Å². The van der Waals surface area contributed by atoms with Crippen molar-refractivity contribution < 1.29 is 9.53 Å². The number of nitrogens with zero attached hydrogens (tertiary/aromatic N) is 3. The van der Waals surface area contributed by atoms with E-state index >= 15 is 0 Å².